The van der Waals surface area contributed by atoms with Crippen LogP contribution in [0, 0.1) is 0 Å². The van der Waals surface area contributed by atoms with E-state index < -0.39 is 12.2 Å². The van der Waals surface area contributed by atoms with Crippen LogP contribution >= 0.6 is 24.0 Å². The van der Waals surface area contributed by atoms with Crippen LogP contribution in [0.25, 0.3) is 0 Å². The van der Waals surface area contributed by atoms with Crippen molar-refractivity contribution >= 4 is 29.9 Å². The van der Waals surface area contributed by atoms with E-state index in [9.17, 15) is 13.2 Å². The Kier molecular flexibility index (Phi) is 11.4. The van der Waals surface area contributed by atoms with Gasteiger partial charge in [-0.1, -0.05) is 0 Å². The minimum Gasteiger partial charge on any atom is -0.356 e. The second kappa shape index (κ2) is 12.4. The van der Waals surface area contributed by atoms with Crippen molar-refractivity contribution < 1.29 is 13.2 Å². The maximum absolute atomic E-state index is 12.9. The number of nitrogens with one attached hydrogen (secondary N) is 1. The number of aliphatic imine (C=N–C) groups is 1. The summed E-state index contributed by atoms with van der Waals surface area (Å²) < 4.78 is 38.6. The summed E-state index contributed by atoms with van der Waals surface area (Å²) in [6.07, 6.45) is -1.91. The van der Waals surface area contributed by atoms with Gasteiger partial charge in [-0.2, -0.15) is 13.2 Å². The predicted octanol–water partition coefficient (Wildman–Crippen LogP) is 1.78. The summed E-state index contributed by atoms with van der Waals surface area (Å²) in [5, 5.41) is 3.38. The smallest absolute Gasteiger partial charge is 0.356 e. The van der Waals surface area contributed by atoms with Gasteiger partial charge in [0.15, 0.2) is 5.96 Å². The van der Waals surface area contributed by atoms with Crippen molar-refractivity contribution in [3.8, 4) is 0 Å². The zero-order chi connectivity index (χ0) is 19.9. The molecule has 2 fully saturated rings. The first-order valence-corrected chi connectivity index (χ1v) is 9.98. The van der Waals surface area contributed by atoms with Crippen LogP contribution in [0.5, 0.6) is 0 Å². The topological polar surface area (TPSA) is 37.4 Å². The number of guanidine groups is 1. The van der Waals surface area contributed by atoms with E-state index in [4.69, 9.17) is 0 Å². The molecule has 0 aliphatic carbocycles. The predicted molar refractivity (Wildman–Crippen MR) is 119 cm³/mol. The van der Waals surface area contributed by atoms with Crippen molar-refractivity contribution in [3.63, 3.8) is 0 Å². The molecule has 0 saturated carbocycles. The van der Waals surface area contributed by atoms with Gasteiger partial charge in [-0.3, -0.25) is 9.89 Å². The Hall–Kier alpha value is -0.330. The molecule has 2 saturated heterocycles. The molecular formula is C18H36F3IN6. The Labute approximate surface area is 184 Å². The van der Waals surface area contributed by atoms with Crippen molar-refractivity contribution in [3.05, 3.63) is 0 Å². The van der Waals surface area contributed by atoms with Gasteiger partial charge in [-0.25, -0.2) is 0 Å². The number of alkyl halides is 3. The third-order valence-electron chi connectivity index (χ3n) is 5.59. The first-order chi connectivity index (χ1) is 12.8. The molecule has 10 heteroatoms. The molecule has 0 spiro atoms. The quantitative estimate of drug-likeness (QED) is 0.259. The van der Waals surface area contributed by atoms with Crippen LogP contribution in [0.3, 0.4) is 0 Å². The average Bonchev–Trinajstić information content (AvgIpc) is 2.85. The van der Waals surface area contributed by atoms with E-state index in [-0.39, 0.29) is 24.0 Å². The summed E-state index contributed by atoms with van der Waals surface area (Å²) in [5.41, 5.74) is 0. The second-order valence-electron chi connectivity index (χ2n) is 7.57. The lowest BCUT2D eigenvalue weighted by atomic mass is 10.2. The summed E-state index contributed by atoms with van der Waals surface area (Å²) in [6, 6.07) is -1.39. The van der Waals surface area contributed by atoms with Crippen molar-refractivity contribution in [2.45, 2.75) is 32.0 Å². The average molecular weight is 520 g/mol. The van der Waals surface area contributed by atoms with Gasteiger partial charge in [0, 0.05) is 52.9 Å². The van der Waals surface area contributed by atoms with Gasteiger partial charge in [0.2, 0.25) is 0 Å². The molecule has 0 aromatic rings. The number of hydrogen-bond donors (Lipinski definition) is 1. The Bertz CT molecular complexity index is 469. The van der Waals surface area contributed by atoms with Gasteiger partial charge in [-0.05, 0) is 46.4 Å². The van der Waals surface area contributed by atoms with Gasteiger partial charge in [0.05, 0.1) is 0 Å². The van der Waals surface area contributed by atoms with Crippen LogP contribution in [-0.4, -0.2) is 117 Å². The van der Waals surface area contributed by atoms with Crippen molar-refractivity contribution in [1.29, 1.82) is 0 Å². The lowest BCUT2D eigenvalue weighted by Crippen LogP contribution is -2.56. The van der Waals surface area contributed by atoms with E-state index in [0.29, 0.717) is 26.2 Å². The molecule has 6 nitrogen and oxygen atoms in total. The minimum atomic E-state index is -4.16. The van der Waals surface area contributed by atoms with Crippen LogP contribution < -0.4 is 5.32 Å². The molecule has 1 atom stereocenters. The molecule has 0 radical (unpaired) electrons. The molecule has 1 N–H and O–H groups in total. The fourth-order valence-electron chi connectivity index (χ4n) is 3.69. The Morgan fingerprint density at radius 2 is 1.71 bits per heavy atom. The third kappa shape index (κ3) is 8.19. The Balaban J connectivity index is 0.00000392. The molecule has 1 unspecified atom stereocenters. The summed E-state index contributed by atoms with van der Waals surface area (Å²) in [5.74, 6) is 0.796. The first-order valence-electron chi connectivity index (χ1n) is 9.98. The number of likely N-dealkylation sites (N-methyl/N-ethyl adjacent to an activating group) is 1. The van der Waals surface area contributed by atoms with Crippen LogP contribution in [0.15, 0.2) is 4.99 Å². The maximum atomic E-state index is 12.9. The highest BCUT2D eigenvalue weighted by molar-refractivity contribution is 14.0. The molecule has 28 heavy (non-hydrogen) atoms. The third-order valence-corrected chi connectivity index (χ3v) is 5.59. The molecule has 2 aliphatic rings. The van der Waals surface area contributed by atoms with Crippen LogP contribution in [0.1, 0.15) is 19.8 Å². The Morgan fingerprint density at radius 3 is 2.32 bits per heavy atom. The largest absolute Gasteiger partial charge is 0.403 e. The van der Waals surface area contributed by atoms with E-state index in [2.05, 4.69) is 32.1 Å². The summed E-state index contributed by atoms with van der Waals surface area (Å²) in [6.45, 7) is 9.64. The van der Waals surface area contributed by atoms with Crippen LogP contribution in [-0.2, 0) is 0 Å². The van der Waals surface area contributed by atoms with Gasteiger partial charge in [-0.15, -0.1) is 24.0 Å². The molecule has 166 valence electrons. The van der Waals surface area contributed by atoms with E-state index in [1.165, 1.54) is 24.8 Å². The van der Waals surface area contributed by atoms with Crippen molar-refractivity contribution in [2.24, 2.45) is 4.99 Å². The number of piperazine rings is 1. The zero-order valence-corrected chi connectivity index (χ0v) is 19.7. The molecule has 0 aromatic heterocycles. The van der Waals surface area contributed by atoms with Crippen molar-refractivity contribution in [1.82, 2.24) is 24.9 Å². The fraction of sp³-hybridized carbons (Fsp3) is 0.944. The highest BCUT2D eigenvalue weighted by Gasteiger charge is 2.41. The number of rotatable bonds is 5. The molecule has 2 rings (SSSR count). The fourth-order valence-corrected chi connectivity index (χ4v) is 3.69. The van der Waals surface area contributed by atoms with Gasteiger partial charge in [0.1, 0.15) is 6.04 Å². The highest BCUT2D eigenvalue weighted by atomic mass is 127. The SMILES string of the molecule is CN=C(NCCCN1CCCN(C)CC1)N1CCN(C(C)C(F)(F)F)CC1.I. The number of hydrogen-bond acceptors (Lipinski definition) is 4. The summed E-state index contributed by atoms with van der Waals surface area (Å²) in [4.78, 5) is 12.7. The zero-order valence-electron chi connectivity index (χ0n) is 17.3. The molecule has 0 bridgehead atoms. The summed E-state index contributed by atoms with van der Waals surface area (Å²) in [7, 11) is 3.90. The van der Waals surface area contributed by atoms with E-state index >= 15 is 0 Å². The van der Waals surface area contributed by atoms with Gasteiger partial charge in [0.25, 0.3) is 0 Å². The van der Waals surface area contributed by atoms with Crippen molar-refractivity contribution in [2.75, 3.05) is 79.5 Å². The molecular weight excluding hydrogens is 484 g/mol. The van der Waals surface area contributed by atoms with E-state index in [0.717, 1.165) is 45.1 Å². The molecule has 0 amide bonds. The van der Waals surface area contributed by atoms with E-state index in [1.54, 1.807) is 7.05 Å². The normalized spacial score (nSPS) is 22.5. The molecule has 0 aromatic carbocycles. The monoisotopic (exact) mass is 520 g/mol. The van der Waals surface area contributed by atoms with Gasteiger partial charge < -0.3 is 20.0 Å². The highest BCUT2D eigenvalue weighted by Crippen LogP contribution is 2.25. The van der Waals surface area contributed by atoms with Crippen LogP contribution in [0.4, 0.5) is 13.2 Å². The lowest BCUT2D eigenvalue weighted by Gasteiger charge is -2.39. The molecule has 2 aliphatic heterocycles. The minimum absolute atomic E-state index is 0. The standard InChI is InChI=1S/C18H35F3N6.HI/c1-16(18(19,20)21)26-12-14-27(15-13-26)17(22-2)23-6-4-8-25-9-5-7-24(3)10-11-25;/h16H,4-15H2,1-3H3,(H,22,23);1H. The molecule has 2 heterocycles. The Morgan fingerprint density at radius 1 is 1.04 bits per heavy atom. The van der Waals surface area contributed by atoms with E-state index in [1.807, 2.05) is 0 Å². The number of nitrogens with zero attached hydrogens (tertiary/aromatic N) is 5. The summed E-state index contributed by atoms with van der Waals surface area (Å²) >= 11 is 0. The number of halogens is 4. The lowest BCUT2D eigenvalue weighted by molar-refractivity contribution is -0.181. The van der Waals surface area contributed by atoms with Crippen LogP contribution in [0.2, 0.25) is 0 Å². The second-order valence-corrected chi connectivity index (χ2v) is 7.57. The maximum Gasteiger partial charge on any atom is 0.403 e. The van der Waals surface area contributed by atoms with Gasteiger partial charge >= 0.3 is 6.18 Å². The first kappa shape index (κ1) is 25.7.